The molecule has 2 atom stereocenters. The number of hydrogen-bond acceptors (Lipinski definition) is 5. The van der Waals surface area contributed by atoms with Crippen LogP contribution in [0.3, 0.4) is 0 Å². The summed E-state index contributed by atoms with van der Waals surface area (Å²) in [5, 5.41) is 14.6. The summed E-state index contributed by atoms with van der Waals surface area (Å²) in [4.78, 5) is 26.8. The van der Waals surface area contributed by atoms with Crippen molar-refractivity contribution in [2.45, 2.75) is 44.7 Å². The van der Waals surface area contributed by atoms with Gasteiger partial charge in [0.05, 0.1) is 12.2 Å². The van der Waals surface area contributed by atoms with Gasteiger partial charge in [0, 0.05) is 0 Å². The molecule has 1 saturated heterocycles. The first kappa shape index (κ1) is 15.7. The minimum absolute atomic E-state index is 0.0566. The number of carbonyl (C=O) groups excluding carboxylic acids is 2. The predicted molar refractivity (Wildman–Crippen MR) is 88.6 cm³/mol. The molecule has 1 saturated carbocycles. The Morgan fingerprint density at radius 3 is 2.80 bits per heavy atom. The molecule has 2 aromatic rings. The van der Waals surface area contributed by atoms with Gasteiger partial charge in [-0.15, -0.1) is 5.10 Å². The number of imide groups is 1. The Hall–Kier alpha value is -2.77. The maximum absolute atomic E-state index is 13.0. The van der Waals surface area contributed by atoms with E-state index in [1.807, 2.05) is 37.3 Å². The number of para-hydroxylation sites is 1. The first-order valence-electron chi connectivity index (χ1n) is 8.58. The molecular weight excluding hydrogens is 320 g/mol. The Morgan fingerprint density at radius 1 is 1.24 bits per heavy atom. The van der Waals surface area contributed by atoms with Crippen LogP contribution in [0.15, 0.2) is 30.3 Å². The number of hydrogen-bond donors (Lipinski definition) is 1. The van der Waals surface area contributed by atoms with Crippen LogP contribution in [0.1, 0.15) is 38.4 Å². The van der Waals surface area contributed by atoms with E-state index in [2.05, 4.69) is 20.8 Å². The minimum atomic E-state index is -0.764. The van der Waals surface area contributed by atoms with Gasteiger partial charge in [-0.05, 0) is 41.3 Å². The zero-order chi connectivity index (χ0) is 17.4. The van der Waals surface area contributed by atoms with Gasteiger partial charge < -0.3 is 5.32 Å². The zero-order valence-corrected chi connectivity index (χ0v) is 14.1. The standard InChI is InChI=1S/C17H20N6O2/c1-12-7-5-6-10-17(12)15(24)22(16(25)18-17)11-14-19-20-21-23(14)13-8-3-2-4-9-13/h2-4,8-9,12H,5-7,10-11H2,1H3,(H,18,25)/t12-,17-/m0/s1. The molecule has 1 spiro atoms. The van der Waals surface area contributed by atoms with Gasteiger partial charge in [0.1, 0.15) is 5.54 Å². The van der Waals surface area contributed by atoms with Crippen molar-refractivity contribution in [3.63, 3.8) is 0 Å². The first-order valence-corrected chi connectivity index (χ1v) is 8.58. The molecule has 2 heterocycles. The lowest BCUT2D eigenvalue weighted by molar-refractivity contribution is -0.134. The van der Waals surface area contributed by atoms with Gasteiger partial charge in [-0.25, -0.2) is 4.79 Å². The fourth-order valence-electron chi connectivity index (χ4n) is 3.85. The van der Waals surface area contributed by atoms with E-state index < -0.39 is 5.54 Å². The van der Waals surface area contributed by atoms with E-state index >= 15 is 0 Å². The van der Waals surface area contributed by atoms with E-state index in [-0.39, 0.29) is 24.4 Å². The molecule has 0 bridgehead atoms. The molecule has 8 heteroatoms. The second-order valence-corrected chi connectivity index (χ2v) is 6.78. The molecule has 8 nitrogen and oxygen atoms in total. The average Bonchev–Trinajstić information content (AvgIpc) is 3.18. The fourth-order valence-corrected chi connectivity index (χ4v) is 3.85. The normalized spacial score (nSPS) is 26.3. The fraction of sp³-hybridized carbons (Fsp3) is 0.471. The molecule has 1 aliphatic carbocycles. The van der Waals surface area contributed by atoms with Crippen molar-refractivity contribution in [3.05, 3.63) is 36.2 Å². The first-order chi connectivity index (χ1) is 12.1. The molecule has 0 radical (unpaired) electrons. The van der Waals surface area contributed by atoms with Crippen LogP contribution in [0.5, 0.6) is 0 Å². The summed E-state index contributed by atoms with van der Waals surface area (Å²) in [5.41, 5.74) is 0.0238. The van der Waals surface area contributed by atoms with Crippen LogP contribution in [0, 0.1) is 5.92 Å². The molecule has 1 aromatic carbocycles. The number of benzene rings is 1. The molecule has 0 unspecified atom stereocenters. The van der Waals surface area contributed by atoms with E-state index in [4.69, 9.17) is 0 Å². The number of rotatable bonds is 3. The average molecular weight is 340 g/mol. The summed E-state index contributed by atoms with van der Waals surface area (Å²) in [5.74, 6) is 0.426. The minimum Gasteiger partial charge on any atom is -0.323 e. The number of aromatic nitrogens is 4. The summed E-state index contributed by atoms with van der Waals surface area (Å²) in [6, 6.07) is 9.05. The number of tetrazole rings is 1. The van der Waals surface area contributed by atoms with Crippen molar-refractivity contribution in [2.75, 3.05) is 0 Å². The highest BCUT2D eigenvalue weighted by Crippen LogP contribution is 2.38. The number of amides is 3. The van der Waals surface area contributed by atoms with Crippen LogP contribution in [-0.2, 0) is 11.3 Å². The Bertz CT molecular complexity index is 804. The van der Waals surface area contributed by atoms with Gasteiger partial charge >= 0.3 is 6.03 Å². The van der Waals surface area contributed by atoms with E-state index in [0.29, 0.717) is 12.2 Å². The van der Waals surface area contributed by atoms with Crippen LogP contribution in [-0.4, -0.2) is 42.6 Å². The van der Waals surface area contributed by atoms with Crippen LogP contribution in [0.25, 0.3) is 5.69 Å². The van der Waals surface area contributed by atoms with Crippen molar-refractivity contribution in [2.24, 2.45) is 5.92 Å². The number of urea groups is 1. The molecule has 3 amide bonds. The Labute approximate surface area is 145 Å². The molecular formula is C17H20N6O2. The summed E-state index contributed by atoms with van der Waals surface area (Å²) >= 11 is 0. The van der Waals surface area contributed by atoms with Crippen LogP contribution < -0.4 is 5.32 Å². The monoisotopic (exact) mass is 340 g/mol. The number of carbonyl (C=O) groups is 2. The number of nitrogens with one attached hydrogen (secondary N) is 1. The number of nitrogens with zero attached hydrogens (tertiary/aromatic N) is 5. The van der Waals surface area contributed by atoms with Crippen molar-refractivity contribution in [3.8, 4) is 5.69 Å². The third-order valence-corrected chi connectivity index (χ3v) is 5.34. The van der Waals surface area contributed by atoms with Crippen molar-refractivity contribution in [1.29, 1.82) is 0 Å². The quantitative estimate of drug-likeness (QED) is 0.858. The lowest BCUT2D eigenvalue weighted by atomic mass is 9.73. The van der Waals surface area contributed by atoms with Gasteiger partial charge in [-0.2, -0.15) is 4.68 Å². The maximum atomic E-state index is 13.0. The van der Waals surface area contributed by atoms with Gasteiger partial charge in [0.2, 0.25) is 0 Å². The van der Waals surface area contributed by atoms with Crippen LogP contribution in [0.4, 0.5) is 4.79 Å². The molecule has 1 aliphatic heterocycles. The molecule has 4 rings (SSSR count). The van der Waals surface area contributed by atoms with Crippen molar-refractivity contribution < 1.29 is 9.59 Å². The van der Waals surface area contributed by atoms with E-state index in [0.717, 1.165) is 24.9 Å². The third kappa shape index (κ3) is 2.48. The van der Waals surface area contributed by atoms with Crippen LogP contribution in [0.2, 0.25) is 0 Å². The smallest absolute Gasteiger partial charge is 0.323 e. The highest BCUT2D eigenvalue weighted by Gasteiger charge is 2.55. The van der Waals surface area contributed by atoms with Crippen molar-refractivity contribution in [1.82, 2.24) is 30.4 Å². The highest BCUT2D eigenvalue weighted by molar-refractivity contribution is 6.07. The lowest BCUT2D eigenvalue weighted by Crippen LogP contribution is -2.53. The predicted octanol–water partition coefficient (Wildman–Crippen LogP) is 1.66. The Morgan fingerprint density at radius 2 is 2.04 bits per heavy atom. The topological polar surface area (TPSA) is 93.0 Å². The Balaban J connectivity index is 1.61. The van der Waals surface area contributed by atoms with E-state index in [1.54, 1.807) is 4.68 Å². The summed E-state index contributed by atoms with van der Waals surface area (Å²) in [6.45, 7) is 2.09. The second kappa shape index (κ2) is 5.94. The van der Waals surface area contributed by atoms with E-state index in [1.165, 1.54) is 4.90 Å². The van der Waals surface area contributed by atoms with E-state index in [9.17, 15) is 9.59 Å². The second-order valence-electron chi connectivity index (χ2n) is 6.78. The maximum Gasteiger partial charge on any atom is 0.325 e. The van der Waals surface area contributed by atoms with Gasteiger partial charge in [-0.3, -0.25) is 9.69 Å². The van der Waals surface area contributed by atoms with Gasteiger partial charge in [0.25, 0.3) is 5.91 Å². The molecule has 1 N–H and O–H groups in total. The summed E-state index contributed by atoms with van der Waals surface area (Å²) < 4.78 is 1.55. The highest BCUT2D eigenvalue weighted by atomic mass is 16.2. The zero-order valence-electron chi connectivity index (χ0n) is 14.1. The third-order valence-electron chi connectivity index (χ3n) is 5.34. The summed E-state index contributed by atoms with van der Waals surface area (Å²) in [6.07, 6.45) is 3.69. The van der Waals surface area contributed by atoms with Gasteiger partial charge in [0.15, 0.2) is 5.82 Å². The van der Waals surface area contributed by atoms with Gasteiger partial charge in [-0.1, -0.05) is 38.0 Å². The lowest BCUT2D eigenvalue weighted by Gasteiger charge is -2.36. The molecule has 1 aromatic heterocycles. The largest absolute Gasteiger partial charge is 0.325 e. The van der Waals surface area contributed by atoms with Crippen molar-refractivity contribution >= 4 is 11.9 Å². The molecule has 130 valence electrons. The van der Waals surface area contributed by atoms with Crippen LogP contribution >= 0.6 is 0 Å². The molecule has 2 aliphatic rings. The Kier molecular flexibility index (Phi) is 3.74. The SMILES string of the molecule is C[C@H]1CCCC[C@]12NC(=O)N(Cc1nnnn1-c1ccccc1)C2=O. The molecule has 2 fully saturated rings. The molecule has 25 heavy (non-hydrogen) atoms. The summed E-state index contributed by atoms with van der Waals surface area (Å²) in [7, 11) is 0.